The minimum absolute atomic E-state index is 0.261. The molecular formula is C26H30N6O3S. The predicted molar refractivity (Wildman–Crippen MR) is 138 cm³/mol. The van der Waals surface area contributed by atoms with Gasteiger partial charge in [0.1, 0.15) is 10.7 Å². The fraction of sp³-hybridized carbons (Fsp3) is 0.462. The Hall–Kier alpha value is -2.92. The molecule has 3 aromatic rings. The molecular weight excluding hydrogens is 476 g/mol. The summed E-state index contributed by atoms with van der Waals surface area (Å²) in [5.74, 6) is 0.365. The van der Waals surface area contributed by atoms with Crippen molar-refractivity contribution in [2.24, 2.45) is 0 Å². The number of likely N-dealkylation sites (N-methyl/N-ethyl adjacent to an activating group) is 1. The number of amides is 1. The van der Waals surface area contributed by atoms with Crippen LogP contribution in [0.4, 0.5) is 5.95 Å². The molecule has 1 unspecified atom stereocenters. The molecule has 0 saturated carbocycles. The molecule has 2 aromatic heterocycles. The van der Waals surface area contributed by atoms with Crippen molar-refractivity contribution < 1.29 is 14.6 Å². The zero-order chi connectivity index (χ0) is 24.7. The number of thiazole rings is 1. The predicted octanol–water partition coefficient (Wildman–Crippen LogP) is 2.59. The van der Waals surface area contributed by atoms with Gasteiger partial charge in [-0.2, -0.15) is 0 Å². The van der Waals surface area contributed by atoms with E-state index >= 15 is 0 Å². The van der Waals surface area contributed by atoms with E-state index in [2.05, 4.69) is 15.2 Å². The quantitative estimate of drug-likeness (QED) is 0.526. The molecule has 0 spiro atoms. The molecule has 3 saturated heterocycles. The maximum atomic E-state index is 12.5. The Labute approximate surface area is 214 Å². The number of hydrogen-bond donors (Lipinski definition) is 2. The lowest BCUT2D eigenvalue weighted by molar-refractivity contribution is -0.143. The number of aromatic nitrogens is 3. The molecule has 188 valence electrons. The third-order valence-electron chi connectivity index (χ3n) is 7.52. The first-order chi connectivity index (χ1) is 17.5. The SMILES string of the molecule is CN1CCC(O)(c2cccc(-c3nc(-c4ccnc(NC5CCN(C6COC6)CC5)n4)cs3)c2)C1=O. The molecule has 10 heteroatoms. The van der Waals surface area contributed by atoms with E-state index in [1.165, 1.54) is 11.3 Å². The Balaban J connectivity index is 1.15. The number of carbonyl (C=O) groups is 1. The highest BCUT2D eigenvalue weighted by atomic mass is 32.1. The van der Waals surface area contributed by atoms with Gasteiger partial charge in [0.05, 0.1) is 24.9 Å². The molecule has 1 amide bonds. The highest BCUT2D eigenvalue weighted by molar-refractivity contribution is 7.13. The van der Waals surface area contributed by atoms with Crippen LogP contribution in [0.25, 0.3) is 22.0 Å². The lowest BCUT2D eigenvalue weighted by atomic mass is 9.91. The largest absolute Gasteiger partial charge is 0.378 e. The maximum absolute atomic E-state index is 12.5. The van der Waals surface area contributed by atoms with Crippen molar-refractivity contribution in [2.75, 3.05) is 45.2 Å². The molecule has 0 aliphatic carbocycles. The summed E-state index contributed by atoms with van der Waals surface area (Å²) in [4.78, 5) is 30.6. The van der Waals surface area contributed by atoms with E-state index in [1.807, 2.05) is 35.7 Å². The second-order valence-electron chi connectivity index (χ2n) is 9.87. The first-order valence-electron chi connectivity index (χ1n) is 12.5. The Morgan fingerprint density at radius 3 is 2.69 bits per heavy atom. The molecule has 3 aliphatic rings. The summed E-state index contributed by atoms with van der Waals surface area (Å²) in [7, 11) is 1.72. The highest BCUT2D eigenvalue weighted by Crippen LogP contribution is 2.36. The van der Waals surface area contributed by atoms with Gasteiger partial charge < -0.3 is 20.1 Å². The van der Waals surface area contributed by atoms with Gasteiger partial charge in [-0.25, -0.2) is 15.0 Å². The number of benzene rings is 1. The van der Waals surface area contributed by atoms with E-state index < -0.39 is 5.60 Å². The van der Waals surface area contributed by atoms with Gasteiger partial charge in [-0.1, -0.05) is 18.2 Å². The van der Waals surface area contributed by atoms with E-state index in [1.54, 1.807) is 18.1 Å². The van der Waals surface area contributed by atoms with Crippen LogP contribution >= 0.6 is 11.3 Å². The third-order valence-corrected chi connectivity index (χ3v) is 8.41. The Bertz CT molecular complexity index is 1260. The zero-order valence-corrected chi connectivity index (χ0v) is 21.1. The number of anilines is 1. The topological polar surface area (TPSA) is 104 Å². The van der Waals surface area contributed by atoms with Crippen LogP contribution in [0.1, 0.15) is 24.8 Å². The number of likely N-dealkylation sites (tertiary alicyclic amines) is 2. The van der Waals surface area contributed by atoms with Crippen LogP contribution < -0.4 is 5.32 Å². The van der Waals surface area contributed by atoms with E-state index in [0.29, 0.717) is 36.6 Å². The Morgan fingerprint density at radius 1 is 1.14 bits per heavy atom. The van der Waals surface area contributed by atoms with Crippen LogP contribution in [0.5, 0.6) is 0 Å². The van der Waals surface area contributed by atoms with Crippen molar-refractivity contribution in [1.82, 2.24) is 24.8 Å². The van der Waals surface area contributed by atoms with Crippen LogP contribution in [0, 0.1) is 0 Å². The number of carbonyl (C=O) groups excluding carboxylic acids is 1. The molecule has 3 aliphatic heterocycles. The maximum Gasteiger partial charge on any atom is 0.258 e. The zero-order valence-electron chi connectivity index (χ0n) is 20.3. The summed E-state index contributed by atoms with van der Waals surface area (Å²) in [5, 5.41) is 17.3. The summed E-state index contributed by atoms with van der Waals surface area (Å²) in [6.45, 7) is 4.40. The van der Waals surface area contributed by atoms with Crippen LogP contribution in [0.2, 0.25) is 0 Å². The molecule has 36 heavy (non-hydrogen) atoms. The van der Waals surface area contributed by atoms with Gasteiger partial charge in [0.15, 0.2) is 5.60 Å². The Morgan fingerprint density at radius 2 is 1.97 bits per heavy atom. The molecule has 5 heterocycles. The fourth-order valence-corrected chi connectivity index (χ4v) is 5.96. The summed E-state index contributed by atoms with van der Waals surface area (Å²) < 4.78 is 5.33. The first-order valence-corrected chi connectivity index (χ1v) is 13.3. The minimum Gasteiger partial charge on any atom is -0.378 e. The molecule has 0 radical (unpaired) electrons. The second-order valence-corrected chi connectivity index (χ2v) is 10.7. The third kappa shape index (κ3) is 4.39. The van der Waals surface area contributed by atoms with E-state index in [9.17, 15) is 9.90 Å². The van der Waals surface area contributed by atoms with Crippen molar-refractivity contribution in [3.05, 3.63) is 47.5 Å². The number of aliphatic hydroxyl groups is 1. The number of nitrogens with zero attached hydrogens (tertiary/aromatic N) is 5. The number of piperidine rings is 1. The molecule has 1 atom stereocenters. The van der Waals surface area contributed by atoms with Crippen LogP contribution in [-0.2, 0) is 15.1 Å². The molecule has 6 rings (SSSR count). The normalized spacial score (nSPS) is 23.7. The molecule has 9 nitrogen and oxygen atoms in total. The van der Waals surface area contributed by atoms with Gasteiger partial charge >= 0.3 is 0 Å². The van der Waals surface area contributed by atoms with Gasteiger partial charge in [-0.3, -0.25) is 9.69 Å². The Kier molecular flexibility index (Phi) is 6.20. The van der Waals surface area contributed by atoms with Gasteiger partial charge in [-0.05, 0) is 30.5 Å². The lowest BCUT2D eigenvalue weighted by Crippen LogP contribution is -2.53. The smallest absolute Gasteiger partial charge is 0.258 e. The van der Waals surface area contributed by atoms with Gasteiger partial charge in [-0.15, -0.1) is 11.3 Å². The molecule has 1 aromatic carbocycles. The summed E-state index contributed by atoms with van der Waals surface area (Å²) >= 11 is 1.52. The van der Waals surface area contributed by atoms with Gasteiger partial charge in [0.25, 0.3) is 5.91 Å². The molecule has 3 fully saturated rings. The van der Waals surface area contributed by atoms with Crippen LogP contribution in [-0.4, -0.2) is 87.7 Å². The van der Waals surface area contributed by atoms with E-state index in [-0.39, 0.29) is 5.91 Å². The number of ether oxygens (including phenoxy) is 1. The summed E-state index contributed by atoms with van der Waals surface area (Å²) in [6, 6.07) is 10.3. The lowest BCUT2D eigenvalue weighted by Gasteiger charge is -2.41. The van der Waals surface area contributed by atoms with Gasteiger partial charge in [0, 0.05) is 56.3 Å². The average molecular weight is 507 g/mol. The van der Waals surface area contributed by atoms with Crippen molar-refractivity contribution in [1.29, 1.82) is 0 Å². The van der Waals surface area contributed by atoms with Crippen molar-refractivity contribution in [3.63, 3.8) is 0 Å². The monoisotopic (exact) mass is 506 g/mol. The second kappa shape index (κ2) is 9.51. The van der Waals surface area contributed by atoms with Crippen molar-refractivity contribution >= 4 is 23.2 Å². The summed E-state index contributed by atoms with van der Waals surface area (Å²) in [6.07, 6.45) is 4.28. The van der Waals surface area contributed by atoms with Gasteiger partial charge in [0.2, 0.25) is 5.95 Å². The van der Waals surface area contributed by atoms with Crippen molar-refractivity contribution in [3.8, 4) is 22.0 Å². The summed E-state index contributed by atoms with van der Waals surface area (Å²) in [5.41, 5.74) is 1.55. The number of hydrogen-bond acceptors (Lipinski definition) is 9. The number of nitrogens with one attached hydrogen (secondary N) is 1. The van der Waals surface area contributed by atoms with E-state index in [4.69, 9.17) is 14.7 Å². The minimum atomic E-state index is -1.47. The van der Waals surface area contributed by atoms with Crippen LogP contribution in [0.15, 0.2) is 41.9 Å². The number of rotatable bonds is 6. The fourth-order valence-electron chi connectivity index (χ4n) is 5.15. The molecule has 2 N–H and O–H groups in total. The first kappa shape index (κ1) is 23.5. The highest BCUT2D eigenvalue weighted by Gasteiger charge is 2.45. The standard InChI is InChI=1S/C26H30N6O3S/c1-31-12-8-26(34,24(31)33)18-4-2-3-17(13-18)23-29-22(16-36-23)21-5-9-27-25(30-21)28-19-6-10-32(11-7-19)20-14-35-15-20/h2-5,9,13,16,19-20,34H,6-8,10-12,14-15H2,1H3,(H,27,28,30). The van der Waals surface area contributed by atoms with E-state index in [0.717, 1.165) is 61.1 Å². The molecule has 0 bridgehead atoms. The van der Waals surface area contributed by atoms with Crippen LogP contribution in [0.3, 0.4) is 0 Å². The van der Waals surface area contributed by atoms with Crippen molar-refractivity contribution in [2.45, 2.75) is 36.9 Å². The average Bonchev–Trinajstić information content (AvgIpc) is 3.47.